The molecule has 0 amide bonds. The summed E-state index contributed by atoms with van der Waals surface area (Å²) < 4.78 is 31.6. The van der Waals surface area contributed by atoms with Gasteiger partial charge in [0.1, 0.15) is 0 Å². The first-order valence-electron chi connectivity index (χ1n) is 4.98. The average molecular weight is 390 g/mol. The van der Waals surface area contributed by atoms with Gasteiger partial charge in [0, 0.05) is 15.2 Å². The Morgan fingerprint density at radius 1 is 1.47 bits per heavy atom. The van der Waals surface area contributed by atoms with Gasteiger partial charge < -0.3 is 4.74 Å². The standard InChI is InChI=1S/C10H13ClINO3S/c1-2-16-5-6-17(14,15)13-10-4-3-8(11)7-9(10)12/h3-4,7,13H,2,5-6H2,1H3. The van der Waals surface area contributed by atoms with Crippen LogP contribution in [0.25, 0.3) is 0 Å². The molecule has 1 rings (SSSR count). The van der Waals surface area contributed by atoms with Gasteiger partial charge in [0.05, 0.1) is 18.0 Å². The van der Waals surface area contributed by atoms with Gasteiger partial charge in [-0.3, -0.25) is 4.72 Å². The molecule has 0 fully saturated rings. The Balaban J connectivity index is 2.69. The predicted molar refractivity (Wildman–Crippen MR) is 78.1 cm³/mol. The van der Waals surface area contributed by atoms with Gasteiger partial charge >= 0.3 is 0 Å². The van der Waals surface area contributed by atoms with Crippen LogP contribution < -0.4 is 4.72 Å². The molecule has 0 saturated carbocycles. The lowest BCUT2D eigenvalue weighted by Gasteiger charge is -2.09. The largest absolute Gasteiger partial charge is 0.381 e. The van der Waals surface area contributed by atoms with Crippen LogP contribution in [0.5, 0.6) is 0 Å². The summed E-state index contributed by atoms with van der Waals surface area (Å²) in [7, 11) is -3.37. The van der Waals surface area contributed by atoms with Crippen molar-refractivity contribution in [3.8, 4) is 0 Å². The number of benzene rings is 1. The molecule has 0 aromatic heterocycles. The van der Waals surface area contributed by atoms with Crippen LogP contribution in [0.2, 0.25) is 5.02 Å². The Morgan fingerprint density at radius 3 is 2.76 bits per heavy atom. The third-order valence-electron chi connectivity index (χ3n) is 1.90. The molecule has 0 radical (unpaired) electrons. The van der Waals surface area contributed by atoms with E-state index in [1.54, 1.807) is 18.2 Å². The molecule has 0 spiro atoms. The summed E-state index contributed by atoms with van der Waals surface area (Å²) in [6, 6.07) is 4.98. The molecule has 1 aromatic carbocycles. The Morgan fingerprint density at radius 2 is 2.18 bits per heavy atom. The Hall–Kier alpha value is -0.0500. The maximum Gasteiger partial charge on any atom is 0.235 e. The van der Waals surface area contributed by atoms with E-state index < -0.39 is 10.0 Å². The first-order chi connectivity index (χ1) is 7.94. The van der Waals surface area contributed by atoms with E-state index in [4.69, 9.17) is 16.3 Å². The van der Waals surface area contributed by atoms with Crippen LogP contribution in [0, 0.1) is 3.57 Å². The molecule has 0 bridgehead atoms. The van der Waals surface area contributed by atoms with Crippen LogP contribution in [-0.4, -0.2) is 27.4 Å². The van der Waals surface area contributed by atoms with E-state index >= 15 is 0 Å². The molecule has 4 nitrogen and oxygen atoms in total. The van der Waals surface area contributed by atoms with Crippen molar-refractivity contribution in [2.24, 2.45) is 0 Å². The fraction of sp³-hybridized carbons (Fsp3) is 0.400. The quantitative estimate of drug-likeness (QED) is 0.601. The zero-order chi connectivity index (χ0) is 12.9. The normalized spacial score (nSPS) is 11.5. The van der Waals surface area contributed by atoms with E-state index in [1.165, 1.54) is 0 Å². The number of ether oxygens (including phenoxy) is 1. The average Bonchev–Trinajstić information content (AvgIpc) is 2.22. The van der Waals surface area contributed by atoms with Gasteiger partial charge in [-0.05, 0) is 47.7 Å². The summed E-state index contributed by atoms with van der Waals surface area (Å²) in [6.07, 6.45) is 0. The van der Waals surface area contributed by atoms with Gasteiger partial charge in [0.25, 0.3) is 0 Å². The third-order valence-corrected chi connectivity index (χ3v) is 4.26. The van der Waals surface area contributed by atoms with E-state index in [9.17, 15) is 8.42 Å². The molecule has 1 aromatic rings. The number of sulfonamides is 1. The van der Waals surface area contributed by atoms with Crippen molar-refractivity contribution in [2.75, 3.05) is 23.7 Å². The van der Waals surface area contributed by atoms with Crippen molar-refractivity contribution < 1.29 is 13.2 Å². The minimum Gasteiger partial charge on any atom is -0.381 e. The number of hydrogen-bond donors (Lipinski definition) is 1. The molecular formula is C10H13ClINO3S. The fourth-order valence-corrected chi connectivity index (χ4v) is 3.25. The SMILES string of the molecule is CCOCCS(=O)(=O)Nc1ccc(Cl)cc1I. The lowest BCUT2D eigenvalue weighted by molar-refractivity contribution is 0.163. The summed E-state index contributed by atoms with van der Waals surface area (Å²) in [6.45, 7) is 2.52. The third kappa shape index (κ3) is 5.41. The molecular weight excluding hydrogens is 377 g/mol. The van der Waals surface area contributed by atoms with Crippen molar-refractivity contribution in [2.45, 2.75) is 6.92 Å². The number of anilines is 1. The van der Waals surface area contributed by atoms with E-state index in [-0.39, 0.29) is 12.4 Å². The highest BCUT2D eigenvalue weighted by atomic mass is 127. The summed E-state index contributed by atoms with van der Waals surface area (Å²) in [5.74, 6) is -0.0560. The highest BCUT2D eigenvalue weighted by Crippen LogP contribution is 2.23. The second-order valence-electron chi connectivity index (χ2n) is 3.24. The van der Waals surface area contributed by atoms with E-state index in [0.29, 0.717) is 17.3 Å². The second-order valence-corrected chi connectivity index (χ2v) is 6.68. The van der Waals surface area contributed by atoms with Gasteiger partial charge in [-0.15, -0.1) is 0 Å². The molecule has 96 valence electrons. The Labute approximate surface area is 120 Å². The Bertz CT molecular complexity index is 478. The first kappa shape index (κ1) is 15.0. The maximum atomic E-state index is 11.7. The van der Waals surface area contributed by atoms with Gasteiger partial charge in [-0.2, -0.15) is 0 Å². The maximum absolute atomic E-state index is 11.7. The lowest BCUT2D eigenvalue weighted by Crippen LogP contribution is -2.20. The van der Waals surface area contributed by atoms with Crippen molar-refractivity contribution >= 4 is 49.9 Å². The lowest BCUT2D eigenvalue weighted by atomic mass is 10.3. The fourth-order valence-electron chi connectivity index (χ4n) is 1.10. The van der Waals surface area contributed by atoms with Gasteiger partial charge in [0.15, 0.2) is 0 Å². The van der Waals surface area contributed by atoms with Crippen molar-refractivity contribution in [1.82, 2.24) is 0 Å². The number of halogens is 2. The van der Waals surface area contributed by atoms with Crippen LogP contribution in [0.1, 0.15) is 6.92 Å². The highest BCUT2D eigenvalue weighted by Gasteiger charge is 2.12. The summed E-state index contributed by atoms with van der Waals surface area (Å²) in [4.78, 5) is 0. The molecule has 0 unspecified atom stereocenters. The van der Waals surface area contributed by atoms with Gasteiger partial charge in [0.2, 0.25) is 10.0 Å². The topological polar surface area (TPSA) is 55.4 Å². The number of hydrogen-bond acceptors (Lipinski definition) is 3. The Kier molecular flexibility index (Phi) is 5.98. The summed E-state index contributed by atoms with van der Waals surface area (Å²) in [5, 5.41) is 0.576. The molecule has 0 aliphatic heterocycles. The molecule has 1 N–H and O–H groups in total. The van der Waals surface area contributed by atoms with Crippen LogP contribution in [0.4, 0.5) is 5.69 Å². The van der Waals surface area contributed by atoms with E-state index in [1.807, 2.05) is 29.5 Å². The van der Waals surface area contributed by atoms with Gasteiger partial charge in [-0.25, -0.2) is 8.42 Å². The molecule has 0 atom stereocenters. The summed E-state index contributed by atoms with van der Waals surface area (Å²) in [5.41, 5.74) is 0.534. The van der Waals surface area contributed by atoms with Crippen LogP contribution in [0.3, 0.4) is 0 Å². The predicted octanol–water partition coefficient (Wildman–Crippen LogP) is 2.72. The minimum absolute atomic E-state index is 0.0560. The molecule has 0 aliphatic carbocycles. The zero-order valence-electron chi connectivity index (χ0n) is 9.24. The van der Waals surface area contributed by atoms with Crippen molar-refractivity contribution in [3.63, 3.8) is 0 Å². The summed E-state index contributed by atoms with van der Waals surface area (Å²) >= 11 is 7.82. The monoisotopic (exact) mass is 389 g/mol. The van der Waals surface area contributed by atoms with Crippen LogP contribution in [0.15, 0.2) is 18.2 Å². The van der Waals surface area contributed by atoms with Crippen molar-refractivity contribution in [1.29, 1.82) is 0 Å². The first-order valence-corrected chi connectivity index (χ1v) is 8.09. The molecule has 0 aliphatic rings. The smallest absolute Gasteiger partial charge is 0.235 e. The van der Waals surface area contributed by atoms with Crippen LogP contribution >= 0.6 is 34.2 Å². The number of nitrogens with one attached hydrogen (secondary N) is 1. The number of rotatable bonds is 6. The van der Waals surface area contributed by atoms with Crippen LogP contribution in [-0.2, 0) is 14.8 Å². The molecule has 0 heterocycles. The minimum atomic E-state index is -3.37. The molecule has 0 saturated heterocycles. The van der Waals surface area contributed by atoms with E-state index in [2.05, 4.69) is 4.72 Å². The molecule has 17 heavy (non-hydrogen) atoms. The second kappa shape index (κ2) is 6.77. The van der Waals surface area contributed by atoms with E-state index in [0.717, 1.165) is 3.57 Å². The van der Waals surface area contributed by atoms with Crippen molar-refractivity contribution in [3.05, 3.63) is 26.8 Å². The van der Waals surface area contributed by atoms with Gasteiger partial charge in [-0.1, -0.05) is 11.6 Å². The zero-order valence-corrected chi connectivity index (χ0v) is 13.0. The highest BCUT2D eigenvalue weighted by molar-refractivity contribution is 14.1. The molecule has 7 heteroatoms.